The average Bonchev–Trinajstić information content (AvgIpc) is 2.92. The predicted molar refractivity (Wildman–Crippen MR) is 72.0 cm³/mol. The van der Waals surface area contributed by atoms with E-state index in [2.05, 4.69) is 5.10 Å². The number of nitrogens with zero attached hydrogens (tertiary/aromatic N) is 3. The van der Waals surface area contributed by atoms with Crippen molar-refractivity contribution in [1.82, 2.24) is 14.3 Å². The van der Waals surface area contributed by atoms with Crippen LogP contribution in [0.2, 0.25) is 0 Å². The first kappa shape index (κ1) is 12.4. The number of halogens is 1. The van der Waals surface area contributed by atoms with E-state index in [1.54, 1.807) is 13.1 Å². The summed E-state index contributed by atoms with van der Waals surface area (Å²) in [6.07, 6.45) is 0. The second-order valence-corrected chi connectivity index (χ2v) is 4.64. The molecule has 0 bridgehead atoms. The van der Waals surface area contributed by atoms with E-state index in [1.165, 1.54) is 22.9 Å². The molecule has 0 aliphatic heterocycles. The molecule has 3 rings (SSSR count). The second kappa shape index (κ2) is 4.19. The molecule has 0 unspecified atom stereocenters. The summed E-state index contributed by atoms with van der Waals surface area (Å²) < 4.78 is 16.6. The summed E-state index contributed by atoms with van der Waals surface area (Å²) in [7, 11) is 3.49. The lowest BCUT2D eigenvalue weighted by Crippen LogP contribution is -2.00. The van der Waals surface area contributed by atoms with Gasteiger partial charge >= 0.3 is 5.97 Å². The van der Waals surface area contributed by atoms with E-state index in [4.69, 9.17) is 5.11 Å². The van der Waals surface area contributed by atoms with Crippen LogP contribution in [0.15, 0.2) is 30.3 Å². The standard InChI is InChI=1S/C14H12FN3O2/c1-17-11-6-9(15)4-3-8(11)5-12(17)13-7-10(14(19)20)16-18(13)2/h3-7H,1-2H3,(H,19,20). The molecule has 6 heteroatoms. The highest BCUT2D eigenvalue weighted by Crippen LogP contribution is 2.27. The Balaban J connectivity index is 2.24. The van der Waals surface area contributed by atoms with Crippen LogP contribution in [0.1, 0.15) is 10.5 Å². The molecule has 102 valence electrons. The van der Waals surface area contributed by atoms with Crippen LogP contribution >= 0.6 is 0 Å². The van der Waals surface area contributed by atoms with Gasteiger partial charge in [0.2, 0.25) is 0 Å². The highest BCUT2D eigenvalue weighted by molar-refractivity contribution is 5.89. The average molecular weight is 273 g/mol. The van der Waals surface area contributed by atoms with E-state index in [1.807, 2.05) is 17.7 Å². The van der Waals surface area contributed by atoms with Crippen molar-refractivity contribution in [2.45, 2.75) is 0 Å². The maximum Gasteiger partial charge on any atom is 0.356 e. The number of carbonyl (C=O) groups is 1. The van der Waals surface area contributed by atoms with Crippen molar-refractivity contribution in [2.75, 3.05) is 0 Å². The Bertz CT molecular complexity index is 832. The Labute approximate surface area is 113 Å². The first-order chi connectivity index (χ1) is 9.47. The number of aromatic nitrogens is 3. The predicted octanol–water partition coefficient (Wildman–Crippen LogP) is 2.42. The zero-order chi connectivity index (χ0) is 14.4. The second-order valence-electron chi connectivity index (χ2n) is 4.64. The van der Waals surface area contributed by atoms with Gasteiger partial charge in [0.05, 0.1) is 16.9 Å². The van der Waals surface area contributed by atoms with E-state index in [9.17, 15) is 9.18 Å². The lowest BCUT2D eigenvalue weighted by Gasteiger charge is -2.04. The Morgan fingerprint density at radius 3 is 2.60 bits per heavy atom. The third-order valence-electron chi connectivity index (χ3n) is 3.37. The van der Waals surface area contributed by atoms with E-state index in [0.29, 0.717) is 5.69 Å². The Kier molecular flexibility index (Phi) is 2.60. The van der Waals surface area contributed by atoms with Gasteiger partial charge in [-0.15, -0.1) is 0 Å². The highest BCUT2D eigenvalue weighted by atomic mass is 19.1. The Hall–Kier alpha value is -2.63. The molecule has 0 atom stereocenters. The number of hydrogen-bond donors (Lipinski definition) is 1. The number of hydrogen-bond acceptors (Lipinski definition) is 2. The monoisotopic (exact) mass is 273 g/mol. The van der Waals surface area contributed by atoms with Crippen LogP contribution in [-0.4, -0.2) is 25.4 Å². The molecular weight excluding hydrogens is 261 g/mol. The zero-order valence-corrected chi connectivity index (χ0v) is 11.0. The van der Waals surface area contributed by atoms with Crippen LogP contribution in [0.3, 0.4) is 0 Å². The minimum atomic E-state index is -1.07. The normalized spacial score (nSPS) is 11.2. The molecule has 20 heavy (non-hydrogen) atoms. The van der Waals surface area contributed by atoms with Gasteiger partial charge in [-0.3, -0.25) is 4.68 Å². The van der Waals surface area contributed by atoms with Crippen LogP contribution in [0.25, 0.3) is 22.3 Å². The number of aromatic carboxylic acids is 1. The van der Waals surface area contributed by atoms with Gasteiger partial charge in [-0.25, -0.2) is 9.18 Å². The van der Waals surface area contributed by atoms with Crippen LogP contribution in [0.5, 0.6) is 0 Å². The van der Waals surface area contributed by atoms with Crippen molar-refractivity contribution in [2.24, 2.45) is 14.1 Å². The van der Waals surface area contributed by atoms with Gasteiger partial charge in [-0.1, -0.05) is 0 Å². The van der Waals surface area contributed by atoms with Gasteiger partial charge in [-0.2, -0.15) is 5.10 Å². The minimum absolute atomic E-state index is 0.0149. The molecule has 2 heterocycles. The molecule has 0 saturated heterocycles. The van der Waals surface area contributed by atoms with Crippen molar-refractivity contribution >= 4 is 16.9 Å². The molecule has 0 aliphatic carbocycles. The lowest BCUT2D eigenvalue weighted by molar-refractivity contribution is 0.0689. The summed E-state index contributed by atoms with van der Waals surface area (Å²) in [6.45, 7) is 0. The molecule has 0 fully saturated rings. The number of rotatable bonds is 2. The molecular formula is C14H12FN3O2. The van der Waals surface area contributed by atoms with Crippen LogP contribution in [-0.2, 0) is 14.1 Å². The maximum atomic E-state index is 13.3. The molecule has 3 aromatic rings. The smallest absolute Gasteiger partial charge is 0.356 e. The summed E-state index contributed by atoms with van der Waals surface area (Å²) in [5, 5.41) is 13.8. The number of carboxylic acid groups (broad SMARTS) is 1. The number of fused-ring (bicyclic) bond motifs is 1. The van der Waals surface area contributed by atoms with E-state index >= 15 is 0 Å². The molecule has 2 aromatic heterocycles. The molecule has 0 amide bonds. The van der Waals surface area contributed by atoms with E-state index in [0.717, 1.165) is 16.6 Å². The fourth-order valence-electron chi connectivity index (χ4n) is 2.36. The number of carboxylic acids is 1. The molecule has 1 N–H and O–H groups in total. The van der Waals surface area contributed by atoms with Crippen molar-refractivity contribution in [3.05, 3.63) is 41.8 Å². The topological polar surface area (TPSA) is 60.1 Å². The third kappa shape index (κ3) is 1.77. The van der Waals surface area contributed by atoms with Gasteiger partial charge in [0.15, 0.2) is 5.69 Å². The summed E-state index contributed by atoms with van der Waals surface area (Å²) >= 11 is 0. The number of aryl methyl sites for hydroxylation is 2. The summed E-state index contributed by atoms with van der Waals surface area (Å²) in [5.41, 5.74) is 2.19. The van der Waals surface area contributed by atoms with Crippen molar-refractivity contribution in [3.8, 4) is 11.4 Å². The fraction of sp³-hybridized carbons (Fsp3) is 0.143. The highest BCUT2D eigenvalue weighted by Gasteiger charge is 2.16. The fourth-order valence-corrected chi connectivity index (χ4v) is 2.36. The summed E-state index contributed by atoms with van der Waals surface area (Å²) in [6, 6.07) is 7.94. The third-order valence-corrected chi connectivity index (χ3v) is 3.37. The minimum Gasteiger partial charge on any atom is -0.476 e. The van der Waals surface area contributed by atoms with Crippen LogP contribution in [0, 0.1) is 5.82 Å². The first-order valence-electron chi connectivity index (χ1n) is 6.00. The van der Waals surface area contributed by atoms with Gasteiger partial charge < -0.3 is 9.67 Å². The largest absolute Gasteiger partial charge is 0.476 e. The Morgan fingerprint density at radius 2 is 1.95 bits per heavy atom. The molecule has 0 spiro atoms. The molecule has 0 radical (unpaired) electrons. The summed E-state index contributed by atoms with van der Waals surface area (Å²) in [4.78, 5) is 11.0. The van der Waals surface area contributed by atoms with E-state index < -0.39 is 5.97 Å². The molecule has 0 aliphatic rings. The maximum absolute atomic E-state index is 13.3. The van der Waals surface area contributed by atoms with Crippen LogP contribution in [0.4, 0.5) is 4.39 Å². The van der Waals surface area contributed by atoms with Crippen molar-refractivity contribution in [1.29, 1.82) is 0 Å². The summed E-state index contributed by atoms with van der Waals surface area (Å²) in [5.74, 6) is -1.38. The van der Waals surface area contributed by atoms with Gasteiger partial charge in [0, 0.05) is 25.5 Å². The van der Waals surface area contributed by atoms with E-state index in [-0.39, 0.29) is 11.5 Å². The lowest BCUT2D eigenvalue weighted by atomic mass is 10.2. The SMILES string of the molecule is Cn1nc(C(=O)O)cc1-c1cc2ccc(F)cc2n1C. The quantitative estimate of drug-likeness (QED) is 0.780. The van der Waals surface area contributed by atoms with Crippen molar-refractivity contribution in [3.63, 3.8) is 0 Å². The molecule has 0 saturated carbocycles. The van der Waals surface area contributed by atoms with Gasteiger partial charge in [0.25, 0.3) is 0 Å². The van der Waals surface area contributed by atoms with Gasteiger partial charge in [0.1, 0.15) is 5.82 Å². The van der Waals surface area contributed by atoms with Crippen molar-refractivity contribution < 1.29 is 14.3 Å². The first-order valence-corrected chi connectivity index (χ1v) is 6.00. The zero-order valence-electron chi connectivity index (χ0n) is 11.0. The number of benzene rings is 1. The molecule has 5 nitrogen and oxygen atoms in total. The molecule has 1 aromatic carbocycles. The Morgan fingerprint density at radius 1 is 1.20 bits per heavy atom. The van der Waals surface area contributed by atoms with Gasteiger partial charge in [-0.05, 0) is 24.3 Å². The van der Waals surface area contributed by atoms with Crippen LogP contribution < -0.4 is 0 Å².